The molecule has 1 aliphatic heterocycles. The van der Waals surface area contributed by atoms with Crippen molar-refractivity contribution in [3.05, 3.63) is 47.0 Å². The highest BCUT2D eigenvalue weighted by Gasteiger charge is 2.62. The van der Waals surface area contributed by atoms with E-state index in [-0.39, 0.29) is 42.8 Å². The maximum absolute atomic E-state index is 14.2. The van der Waals surface area contributed by atoms with Gasteiger partial charge in [-0.2, -0.15) is 0 Å². The molecule has 3 saturated carbocycles. The lowest BCUT2D eigenvalue weighted by Gasteiger charge is -2.26. The average molecular weight is 736 g/mol. The predicted molar refractivity (Wildman–Crippen MR) is 194 cm³/mol. The number of aryl methyl sites for hydroxylation is 1. The number of allylic oxidation sites excluding steroid dienone is 1. The van der Waals surface area contributed by atoms with Crippen molar-refractivity contribution in [3.8, 4) is 22.2 Å². The maximum Gasteiger partial charge on any atom is 0.259 e. The first-order chi connectivity index (χ1) is 24.3. The minimum Gasteiger partial charge on any atom is -0.508 e. The fourth-order valence-corrected chi connectivity index (χ4v) is 9.64. The first kappa shape index (κ1) is 35.4. The molecule has 0 radical (unpaired) electrons. The molecular formula is C37H45N5O7S2. The maximum atomic E-state index is 14.2. The largest absolute Gasteiger partial charge is 0.508 e. The van der Waals surface area contributed by atoms with Gasteiger partial charge in [0.25, 0.3) is 5.91 Å². The Bertz CT molecular complexity index is 2020. The van der Waals surface area contributed by atoms with Gasteiger partial charge in [0.1, 0.15) is 33.8 Å². The number of pyridine rings is 1. The number of aromatic nitrogens is 2. The van der Waals surface area contributed by atoms with Crippen LogP contribution in [0, 0.1) is 24.7 Å². The Morgan fingerprint density at radius 3 is 2.65 bits per heavy atom. The molecule has 7 rings (SSSR count). The van der Waals surface area contributed by atoms with E-state index in [9.17, 15) is 27.9 Å². The number of carbonyl (C=O) groups excluding carboxylic acids is 3. The van der Waals surface area contributed by atoms with Crippen molar-refractivity contribution in [2.75, 3.05) is 13.6 Å². The molecule has 51 heavy (non-hydrogen) atoms. The highest BCUT2D eigenvalue weighted by atomic mass is 32.2. The van der Waals surface area contributed by atoms with Crippen molar-refractivity contribution in [3.63, 3.8) is 0 Å². The Kier molecular flexibility index (Phi) is 9.36. The molecule has 0 bridgehead atoms. The van der Waals surface area contributed by atoms with Crippen LogP contribution in [0.3, 0.4) is 0 Å². The van der Waals surface area contributed by atoms with Crippen LogP contribution >= 0.6 is 11.3 Å². The lowest BCUT2D eigenvalue weighted by atomic mass is 9.93. The van der Waals surface area contributed by atoms with Gasteiger partial charge in [0, 0.05) is 41.9 Å². The number of phenols is 1. The quantitative estimate of drug-likeness (QED) is 0.285. The summed E-state index contributed by atoms with van der Waals surface area (Å²) in [4.78, 5) is 53.2. The second kappa shape index (κ2) is 13.5. The Balaban J connectivity index is 1.20. The number of aromatic hydroxyl groups is 1. The zero-order valence-electron chi connectivity index (χ0n) is 29.3. The number of hydrogen-bond acceptors (Lipinski definition) is 10. The van der Waals surface area contributed by atoms with Crippen molar-refractivity contribution in [2.24, 2.45) is 17.8 Å². The molecule has 5 atom stereocenters. The van der Waals surface area contributed by atoms with E-state index < -0.39 is 50.6 Å². The molecule has 3 fully saturated rings. The summed E-state index contributed by atoms with van der Waals surface area (Å²) in [5.41, 5.74) is 1.29. The summed E-state index contributed by atoms with van der Waals surface area (Å²) in [6.45, 7) is 6.48. The van der Waals surface area contributed by atoms with E-state index in [2.05, 4.69) is 23.9 Å². The summed E-state index contributed by atoms with van der Waals surface area (Å²) in [6, 6.07) is 5.18. The minimum absolute atomic E-state index is 0.103. The number of phenolic OH excluding ortho intramolecular Hbond substituents is 1. The number of benzene rings is 1. The second-order valence-corrected chi connectivity index (χ2v) is 17.7. The van der Waals surface area contributed by atoms with E-state index in [4.69, 9.17) is 14.7 Å². The standard InChI is InChI=1S/C37H45N5O7S2/c1-20(2)29-19-50-34(39-29)28-17-31(25-12-13-30(43)21(3)32(25)38-28)49-23-15-26-27(16-23)35(45)42(4)14-8-6-5-7-9-22-18-37(22,40-33(26)44)36(46)41-51(47,48)24-10-11-24/h7,9,12-13,17,19-20,22-24,26-27,43H,5-6,8,10-11,14-16,18H2,1-4H3,(H,40,44)(H,41,46)/b9-7-/t22-,23-,26-,27-,37-/m1/s1. The molecule has 0 unspecified atom stereocenters. The molecule has 4 aliphatic rings. The molecule has 12 nitrogen and oxygen atoms in total. The third kappa shape index (κ3) is 6.96. The number of sulfonamides is 1. The molecule has 0 saturated heterocycles. The molecule has 14 heteroatoms. The number of fused-ring (bicyclic) bond motifs is 3. The highest BCUT2D eigenvalue weighted by Crippen LogP contribution is 2.47. The van der Waals surface area contributed by atoms with E-state index >= 15 is 0 Å². The van der Waals surface area contributed by atoms with E-state index in [1.165, 1.54) is 11.3 Å². The van der Waals surface area contributed by atoms with E-state index in [1.54, 1.807) is 31.0 Å². The van der Waals surface area contributed by atoms with Crippen molar-refractivity contribution in [1.29, 1.82) is 0 Å². The molecule has 3 heterocycles. The Labute approximate surface area is 302 Å². The van der Waals surface area contributed by atoms with Gasteiger partial charge in [0.2, 0.25) is 21.8 Å². The van der Waals surface area contributed by atoms with Gasteiger partial charge in [-0.25, -0.2) is 18.4 Å². The van der Waals surface area contributed by atoms with Gasteiger partial charge in [-0.3, -0.25) is 19.1 Å². The number of nitrogens with one attached hydrogen (secondary N) is 2. The van der Waals surface area contributed by atoms with Crippen molar-refractivity contribution >= 4 is 50.0 Å². The summed E-state index contributed by atoms with van der Waals surface area (Å²) in [5.74, 6) is -2.40. The zero-order valence-corrected chi connectivity index (χ0v) is 31.0. The first-order valence-electron chi connectivity index (χ1n) is 17.8. The molecule has 0 spiro atoms. The summed E-state index contributed by atoms with van der Waals surface area (Å²) in [6.07, 6.45) is 7.46. The van der Waals surface area contributed by atoms with Gasteiger partial charge in [0.05, 0.1) is 28.3 Å². The van der Waals surface area contributed by atoms with Crippen LogP contribution < -0.4 is 14.8 Å². The summed E-state index contributed by atoms with van der Waals surface area (Å²) in [7, 11) is -2.08. The normalized spacial score (nSPS) is 27.7. The van der Waals surface area contributed by atoms with Crippen LogP contribution in [0.4, 0.5) is 0 Å². The van der Waals surface area contributed by atoms with Gasteiger partial charge in [-0.05, 0) is 76.3 Å². The number of amides is 3. The number of carbonyl (C=O) groups is 3. The monoisotopic (exact) mass is 735 g/mol. The van der Waals surface area contributed by atoms with Gasteiger partial charge in [0.15, 0.2) is 0 Å². The van der Waals surface area contributed by atoms with Crippen LogP contribution in [0.2, 0.25) is 0 Å². The lowest BCUT2D eigenvalue weighted by Crippen LogP contribution is -2.54. The smallest absolute Gasteiger partial charge is 0.259 e. The number of ether oxygens (including phenoxy) is 1. The second-order valence-electron chi connectivity index (χ2n) is 14.9. The van der Waals surface area contributed by atoms with Gasteiger partial charge in [-0.15, -0.1) is 11.3 Å². The lowest BCUT2D eigenvalue weighted by molar-refractivity contribution is -0.140. The third-order valence-corrected chi connectivity index (χ3v) is 13.5. The van der Waals surface area contributed by atoms with Crippen LogP contribution in [-0.4, -0.2) is 76.6 Å². The van der Waals surface area contributed by atoms with Crippen molar-refractivity contribution < 1.29 is 32.6 Å². The van der Waals surface area contributed by atoms with Gasteiger partial charge in [-0.1, -0.05) is 26.0 Å². The molecule has 3 aliphatic carbocycles. The van der Waals surface area contributed by atoms with Crippen LogP contribution in [0.15, 0.2) is 35.7 Å². The van der Waals surface area contributed by atoms with Crippen molar-refractivity contribution in [1.82, 2.24) is 24.9 Å². The van der Waals surface area contributed by atoms with Crippen LogP contribution in [0.5, 0.6) is 11.5 Å². The topological polar surface area (TPSA) is 168 Å². The number of thiazole rings is 1. The Morgan fingerprint density at radius 1 is 1.16 bits per heavy atom. The van der Waals surface area contributed by atoms with Crippen molar-refractivity contribution in [2.45, 2.75) is 94.9 Å². The Hall–Kier alpha value is -4.04. The molecule has 3 N–H and O–H groups in total. The predicted octanol–water partition coefficient (Wildman–Crippen LogP) is 4.95. The molecular weight excluding hydrogens is 691 g/mol. The van der Waals surface area contributed by atoms with E-state index in [0.717, 1.165) is 25.0 Å². The van der Waals surface area contributed by atoms with Gasteiger partial charge < -0.3 is 20.1 Å². The number of nitrogens with zero attached hydrogens (tertiary/aromatic N) is 3. The number of hydrogen-bond donors (Lipinski definition) is 3. The first-order valence-corrected chi connectivity index (χ1v) is 20.3. The number of rotatable bonds is 7. The SMILES string of the molecule is Cc1c(O)ccc2c(O[C@@H]3C[C@H]4C(=O)N[C@]5(C(=O)NS(=O)(=O)C6CC6)C[C@H]5/C=C\CCCCN(C)C(=O)[C@@H]4C3)cc(-c3nc(C(C)C)cs3)nc12. The fourth-order valence-electron chi connectivity index (χ4n) is 7.33. The third-order valence-electron chi connectivity index (χ3n) is 10.8. The molecule has 272 valence electrons. The summed E-state index contributed by atoms with van der Waals surface area (Å²) in [5, 5.41) is 16.3. The highest BCUT2D eigenvalue weighted by molar-refractivity contribution is 7.91. The van der Waals surface area contributed by atoms with Crippen LogP contribution in [0.25, 0.3) is 21.6 Å². The molecule has 3 aromatic rings. The van der Waals surface area contributed by atoms with E-state index in [0.29, 0.717) is 52.3 Å². The van der Waals surface area contributed by atoms with Gasteiger partial charge >= 0.3 is 0 Å². The van der Waals surface area contributed by atoms with E-state index in [1.807, 2.05) is 23.6 Å². The van der Waals surface area contributed by atoms with Crippen LogP contribution in [-0.2, 0) is 24.4 Å². The summed E-state index contributed by atoms with van der Waals surface area (Å²) >= 11 is 1.48. The summed E-state index contributed by atoms with van der Waals surface area (Å²) < 4.78 is 34.5. The minimum atomic E-state index is -3.83. The molecule has 1 aromatic carbocycles. The molecule has 2 aromatic heterocycles. The Morgan fingerprint density at radius 2 is 1.92 bits per heavy atom. The van der Waals surface area contributed by atoms with Crippen LogP contribution in [0.1, 0.15) is 82.4 Å². The zero-order chi connectivity index (χ0) is 36.2. The average Bonchev–Trinajstić information content (AvgIpc) is 3.96. The molecule has 3 amide bonds. The fraction of sp³-hybridized carbons (Fsp3) is 0.541.